The Hall–Kier alpha value is -0.320. The normalized spacial score (nSPS) is 11.8. The third-order valence-electron chi connectivity index (χ3n) is 1.48. The molecule has 1 aromatic rings. The highest BCUT2D eigenvalue weighted by Gasteiger charge is 2.22. The van der Waals surface area contributed by atoms with Crippen molar-refractivity contribution >= 4 is 23.2 Å². The summed E-state index contributed by atoms with van der Waals surface area (Å²) in [7, 11) is 0. The standard InChI is InChI=1S/C8H8Cl2O3/c9-6-2-1-3-7(10)5(6)4-8(11,12)13/h1-3,11-13H,4H2. The van der Waals surface area contributed by atoms with Crippen LogP contribution in [0.3, 0.4) is 0 Å². The molecule has 0 saturated carbocycles. The Balaban J connectivity index is 3.00. The van der Waals surface area contributed by atoms with E-state index in [-0.39, 0.29) is 10.0 Å². The van der Waals surface area contributed by atoms with Gasteiger partial charge in [-0.15, -0.1) is 0 Å². The SMILES string of the molecule is OC(O)(O)Cc1c(Cl)cccc1Cl. The molecule has 1 rings (SSSR count). The maximum absolute atomic E-state index is 8.71. The third-order valence-corrected chi connectivity index (χ3v) is 2.18. The van der Waals surface area contributed by atoms with E-state index < -0.39 is 12.4 Å². The van der Waals surface area contributed by atoms with Gasteiger partial charge in [-0.2, -0.15) is 0 Å². The molecule has 0 unspecified atom stereocenters. The molecule has 0 aliphatic heterocycles. The largest absolute Gasteiger partial charge is 0.343 e. The molecular weight excluding hydrogens is 215 g/mol. The minimum absolute atomic E-state index is 0.286. The first-order valence-electron chi connectivity index (χ1n) is 3.50. The maximum Gasteiger partial charge on any atom is 0.279 e. The minimum Gasteiger partial charge on any atom is -0.343 e. The van der Waals surface area contributed by atoms with Gasteiger partial charge in [-0.05, 0) is 17.7 Å². The van der Waals surface area contributed by atoms with Crippen molar-refractivity contribution in [1.82, 2.24) is 0 Å². The zero-order valence-electron chi connectivity index (χ0n) is 6.54. The summed E-state index contributed by atoms with van der Waals surface area (Å²) in [6, 6.07) is 4.73. The lowest BCUT2D eigenvalue weighted by Crippen LogP contribution is -2.30. The predicted molar refractivity (Wildman–Crippen MR) is 49.6 cm³/mol. The van der Waals surface area contributed by atoms with E-state index in [1.807, 2.05) is 0 Å². The van der Waals surface area contributed by atoms with Gasteiger partial charge in [-0.3, -0.25) is 0 Å². The Morgan fingerprint density at radius 3 is 1.92 bits per heavy atom. The van der Waals surface area contributed by atoms with E-state index in [9.17, 15) is 0 Å². The lowest BCUT2D eigenvalue weighted by atomic mass is 10.1. The van der Waals surface area contributed by atoms with E-state index in [0.717, 1.165) is 0 Å². The van der Waals surface area contributed by atoms with Gasteiger partial charge in [0.15, 0.2) is 0 Å². The fourth-order valence-electron chi connectivity index (χ4n) is 0.938. The molecule has 0 amide bonds. The van der Waals surface area contributed by atoms with Crippen molar-refractivity contribution in [2.75, 3.05) is 0 Å². The zero-order chi connectivity index (χ0) is 10.1. The molecule has 3 nitrogen and oxygen atoms in total. The summed E-state index contributed by atoms with van der Waals surface area (Å²) in [5, 5.41) is 26.7. The summed E-state index contributed by atoms with van der Waals surface area (Å²) >= 11 is 11.4. The van der Waals surface area contributed by atoms with Crippen LogP contribution in [0.1, 0.15) is 5.56 Å². The van der Waals surface area contributed by atoms with Crippen molar-refractivity contribution in [3.63, 3.8) is 0 Å². The average molecular weight is 223 g/mol. The van der Waals surface area contributed by atoms with Gasteiger partial charge < -0.3 is 15.3 Å². The second-order valence-corrected chi connectivity index (χ2v) is 3.47. The van der Waals surface area contributed by atoms with Gasteiger partial charge in [0, 0.05) is 10.0 Å². The van der Waals surface area contributed by atoms with Crippen LogP contribution < -0.4 is 0 Å². The molecule has 0 spiro atoms. The number of hydrogen-bond donors (Lipinski definition) is 3. The van der Waals surface area contributed by atoms with E-state index in [1.54, 1.807) is 18.2 Å². The van der Waals surface area contributed by atoms with Crippen LogP contribution in [0.4, 0.5) is 0 Å². The monoisotopic (exact) mass is 222 g/mol. The molecule has 0 heterocycles. The molecule has 0 fully saturated rings. The summed E-state index contributed by atoms with van der Waals surface area (Å²) < 4.78 is 0. The van der Waals surface area contributed by atoms with Crippen LogP contribution in [0.25, 0.3) is 0 Å². The molecule has 1 aromatic carbocycles. The average Bonchev–Trinajstić information content (AvgIpc) is 1.95. The smallest absolute Gasteiger partial charge is 0.279 e. The lowest BCUT2D eigenvalue weighted by molar-refractivity contribution is -0.309. The van der Waals surface area contributed by atoms with Crippen molar-refractivity contribution in [2.45, 2.75) is 12.4 Å². The second-order valence-electron chi connectivity index (χ2n) is 2.65. The first-order chi connectivity index (χ1) is 5.90. The maximum atomic E-state index is 8.71. The number of rotatable bonds is 2. The Morgan fingerprint density at radius 1 is 1.08 bits per heavy atom. The highest BCUT2D eigenvalue weighted by atomic mass is 35.5. The lowest BCUT2D eigenvalue weighted by Gasteiger charge is -2.15. The summed E-state index contributed by atoms with van der Waals surface area (Å²) in [6.07, 6.45) is -0.425. The van der Waals surface area contributed by atoms with Gasteiger partial charge in [0.1, 0.15) is 0 Å². The number of aliphatic hydroxyl groups is 3. The molecule has 0 aliphatic rings. The van der Waals surface area contributed by atoms with Crippen molar-refractivity contribution in [3.05, 3.63) is 33.8 Å². The van der Waals surface area contributed by atoms with Crippen molar-refractivity contribution in [1.29, 1.82) is 0 Å². The highest BCUT2D eigenvalue weighted by molar-refractivity contribution is 6.35. The van der Waals surface area contributed by atoms with E-state index in [2.05, 4.69) is 0 Å². The van der Waals surface area contributed by atoms with Crippen LogP contribution in [0, 0.1) is 0 Å². The van der Waals surface area contributed by atoms with Crippen LogP contribution in [0.2, 0.25) is 10.0 Å². The first kappa shape index (κ1) is 10.8. The minimum atomic E-state index is -2.78. The van der Waals surface area contributed by atoms with E-state index in [0.29, 0.717) is 5.56 Å². The zero-order valence-corrected chi connectivity index (χ0v) is 8.05. The topological polar surface area (TPSA) is 60.7 Å². The van der Waals surface area contributed by atoms with E-state index in [1.165, 1.54) is 0 Å². The molecule has 72 valence electrons. The Kier molecular flexibility index (Phi) is 3.16. The van der Waals surface area contributed by atoms with Crippen molar-refractivity contribution < 1.29 is 15.3 Å². The molecule has 0 radical (unpaired) electrons. The molecular formula is C8H8Cl2O3. The molecule has 3 N–H and O–H groups in total. The van der Waals surface area contributed by atoms with Gasteiger partial charge in [0.25, 0.3) is 5.97 Å². The van der Waals surface area contributed by atoms with Crippen LogP contribution in [-0.2, 0) is 6.42 Å². The second kappa shape index (κ2) is 3.82. The molecule has 0 aromatic heterocycles. The van der Waals surface area contributed by atoms with Gasteiger partial charge in [0.2, 0.25) is 0 Å². The third kappa shape index (κ3) is 3.14. The Labute approximate surface area is 85.2 Å². The van der Waals surface area contributed by atoms with Crippen molar-refractivity contribution in [3.8, 4) is 0 Å². The molecule has 0 saturated heterocycles. The first-order valence-corrected chi connectivity index (χ1v) is 4.26. The van der Waals surface area contributed by atoms with E-state index >= 15 is 0 Å². The molecule has 0 aliphatic carbocycles. The van der Waals surface area contributed by atoms with Gasteiger partial charge in [0.05, 0.1) is 6.42 Å². The van der Waals surface area contributed by atoms with E-state index in [4.69, 9.17) is 38.5 Å². The molecule has 13 heavy (non-hydrogen) atoms. The van der Waals surface area contributed by atoms with Gasteiger partial charge in [-0.1, -0.05) is 29.3 Å². The van der Waals surface area contributed by atoms with Crippen molar-refractivity contribution in [2.24, 2.45) is 0 Å². The number of benzene rings is 1. The fourth-order valence-corrected chi connectivity index (χ4v) is 1.47. The Morgan fingerprint density at radius 2 is 1.54 bits per heavy atom. The van der Waals surface area contributed by atoms with Gasteiger partial charge in [-0.25, -0.2) is 0 Å². The quantitative estimate of drug-likeness (QED) is 0.659. The molecule has 5 heteroatoms. The number of halogens is 2. The Bertz CT molecular complexity index is 286. The highest BCUT2D eigenvalue weighted by Crippen LogP contribution is 2.26. The number of hydrogen-bond acceptors (Lipinski definition) is 3. The summed E-state index contributed by atoms with van der Waals surface area (Å²) in [6.45, 7) is 0. The summed E-state index contributed by atoms with van der Waals surface area (Å²) in [5.74, 6) is -2.78. The molecule has 0 bridgehead atoms. The predicted octanol–water partition coefficient (Wildman–Crippen LogP) is 1.17. The molecule has 0 atom stereocenters. The van der Waals surface area contributed by atoms with Crippen LogP contribution >= 0.6 is 23.2 Å². The van der Waals surface area contributed by atoms with Crippen LogP contribution in [0.5, 0.6) is 0 Å². The summed E-state index contributed by atoms with van der Waals surface area (Å²) in [5.41, 5.74) is 0.304. The van der Waals surface area contributed by atoms with Gasteiger partial charge >= 0.3 is 0 Å². The van der Waals surface area contributed by atoms with Crippen LogP contribution in [-0.4, -0.2) is 21.3 Å². The summed E-state index contributed by atoms with van der Waals surface area (Å²) in [4.78, 5) is 0. The van der Waals surface area contributed by atoms with Crippen LogP contribution in [0.15, 0.2) is 18.2 Å². The fraction of sp³-hybridized carbons (Fsp3) is 0.250.